The van der Waals surface area contributed by atoms with E-state index in [0.717, 1.165) is 37.2 Å². The molecule has 7 nitrogen and oxygen atoms in total. The molecule has 1 aliphatic rings. The molecule has 1 aromatic carbocycles. The van der Waals surface area contributed by atoms with Gasteiger partial charge in [-0.15, -0.1) is 0 Å². The van der Waals surface area contributed by atoms with Crippen molar-refractivity contribution in [2.24, 2.45) is 0 Å². The van der Waals surface area contributed by atoms with Gasteiger partial charge in [0.2, 0.25) is 0 Å². The Kier molecular flexibility index (Phi) is 9.09. The number of aromatic nitrogens is 1. The van der Waals surface area contributed by atoms with Gasteiger partial charge in [0.1, 0.15) is 5.75 Å². The summed E-state index contributed by atoms with van der Waals surface area (Å²) in [7, 11) is 4.04. The molecule has 0 unspecified atom stereocenters. The van der Waals surface area contributed by atoms with Crippen LogP contribution in [0.4, 0.5) is 0 Å². The number of piperidine rings is 1. The van der Waals surface area contributed by atoms with Crippen molar-refractivity contribution in [2.75, 3.05) is 46.9 Å². The molecule has 0 saturated carbocycles. The fourth-order valence-corrected chi connectivity index (χ4v) is 4.07. The Morgan fingerprint density at radius 2 is 1.85 bits per heavy atom. The molecule has 1 saturated heterocycles. The van der Waals surface area contributed by atoms with Gasteiger partial charge in [-0.05, 0) is 83.2 Å². The first-order valence-corrected chi connectivity index (χ1v) is 11.8. The predicted octanol–water partition coefficient (Wildman–Crippen LogP) is 3.51. The van der Waals surface area contributed by atoms with Crippen LogP contribution in [0.5, 0.6) is 5.75 Å². The maximum atomic E-state index is 12.8. The summed E-state index contributed by atoms with van der Waals surface area (Å²) in [6.07, 6.45) is 2.43. The third-order valence-corrected chi connectivity index (χ3v) is 6.04. The monoisotopic (exact) mass is 472 g/mol. The quantitative estimate of drug-likeness (QED) is 0.565. The Morgan fingerprint density at radius 1 is 1.15 bits per heavy atom. The van der Waals surface area contributed by atoms with Gasteiger partial charge in [-0.25, -0.2) is 0 Å². The number of pyridine rings is 1. The molecule has 33 heavy (non-hydrogen) atoms. The molecule has 1 N–H and O–H groups in total. The summed E-state index contributed by atoms with van der Waals surface area (Å²) >= 11 is 5.88. The minimum atomic E-state index is -0.0777. The zero-order chi connectivity index (χ0) is 23.8. The van der Waals surface area contributed by atoms with Crippen LogP contribution in [0.1, 0.15) is 46.9 Å². The standard InChI is InChI=1S/C25H33ClN4O3/c1-18-5-10-22(25(32)27-13-4-14-29(2)3)24(28-18)19-11-15-30(16-12-19)23(31)17-33-21-8-6-20(26)7-9-21/h5-10,19H,4,11-17H2,1-3H3,(H,27,32). The van der Waals surface area contributed by atoms with Gasteiger partial charge in [0.05, 0.1) is 11.3 Å². The average molecular weight is 473 g/mol. The van der Waals surface area contributed by atoms with Crippen molar-refractivity contribution in [2.45, 2.75) is 32.1 Å². The van der Waals surface area contributed by atoms with E-state index in [-0.39, 0.29) is 24.3 Å². The molecule has 0 aliphatic carbocycles. The first kappa shape index (κ1) is 25.0. The highest BCUT2D eigenvalue weighted by atomic mass is 35.5. The van der Waals surface area contributed by atoms with E-state index in [1.165, 1.54) is 0 Å². The summed E-state index contributed by atoms with van der Waals surface area (Å²) in [5, 5.41) is 3.65. The fraction of sp³-hybridized carbons (Fsp3) is 0.480. The van der Waals surface area contributed by atoms with Gasteiger partial charge < -0.3 is 19.9 Å². The topological polar surface area (TPSA) is 74.8 Å². The molecule has 1 aliphatic heterocycles. The second-order valence-electron chi connectivity index (χ2n) is 8.70. The smallest absolute Gasteiger partial charge is 0.260 e. The third kappa shape index (κ3) is 7.44. The second-order valence-corrected chi connectivity index (χ2v) is 9.13. The van der Waals surface area contributed by atoms with Gasteiger partial charge in [-0.3, -0.25) is 14.6 Å². The molecule has 1 fully saturated rings. The highest BCUT2D eigenvalue weighted by molar-refractivity contribution is 6.30. The van der Waals surface area contributed by atoms with E-state index in [0.29, 0.717) is 36.0 Å². The zero-order valence-electron chi connectivity index (χ0n) is 19.6. The summed E-state index contributed by atoms with van der Waals surface area (Å²) in [6.45, 7) is 4.73. The van der Waals surface area contributed by atoms with Gasteiger partial charge in [0.25, 0.3) is 11.8 Å². The number of nitrogens with zero attached hydrogens (tertiary/aromatic N) is 3. The molecule has 2 heterocycles. The number of benzene rings is 1. The maximum Gasteiger partial charge on any atom is 0.260 e. The van der Waals surface area contributed by atoms with E-state index in [2.05, 4.69) is 10.2 Å². The van der Waals surface area contributed by atoms with E-state index >= 15 is 0 Å². The molecule has 2 amide bonds. The van der Waals surface area contributed by atoms with E-state index in [1.807, 2.05) is 38.1 Å². The summed E-state index contributed by atoms with van der Waals surface area (Å²) in [4.78, 5) is 34.1. The van der Waals surface area contributed by atoms with E-state index in [1.54, 1.807) is 24.3 Å². The summed E-state index contributed by atoms with van der Waals surface area (Å²) in [6, 6.07) is 10.7. The summed E-state index contributed by atoms with van der Waals surface area (Å²) in [5.41, 5.74) is 2.37. The minimum absolute atomic E-state index is 0.00437. The molecule has 2 aromatic rings. The largest absolute Gasteiger partial charge is 0.484 e. The average Bonchev–Trinajstić information content (AvgIpc) is 2.81. The molecule has 8 heteroatoms. The molecule has 178 valence electrons. The number of likely N-dealkylation sites (tertiary alicyclic amines) is 1. The van der Waals surface area contributed by atoms with Crippen LogP contribution in [0.15, 0.2) is 36.4 Å². The van der Waals surface area contributed by atoms with Crippen LogP contribution in [-0.4, -0.2) is 73.5 Å². The Balaban J connectivity index is 1.55. The van der Waals surface area contributed by atoms with Crippen LogP contribution < -0.4 is 10.1 Å². The van der Waals surface area contributed by atoms with Crippen molar-refractivity contribution in [3.05, 3.63) is 58.4 Å². The van der Waals surface area contributed by atoms with Crippen LogP contribution >= 0.6 is 11.6 Å². The summed E-state index contributed by atoms with van der Waals surface area (Å²) < 4.78 is 5.60. The Bertz CT molecular complexity index is 941. The number of amides is 2. The minimum Gasteiger partial charge on any atom is -0.484 e. The van der Waals surface area contributed by atoms with Crippen molar-refractivity contribution in [1.82, 2.24) is 20.1 Å². The van der Waals surface area contributed by atoms with E-state index in [4.69, 9.17) is 21.3 Å². The predicted molar refractivity (Wildman–Crippen MR) is 130 cm³/mol. The number of rotatable bonds is 9. The first-order chi connectivity index (χ1) is 15.8. The van der Waals surface area contributed by atoms with Gasteiger partial charge in [-0.1, -0.05) is 11.6 Å². The van der Waals surface area contributed by atoms with Crippen molar-refractivity contribution in [1.29, 1.82) is 0 Å². The highest BCUT2D eigenvalue weighted by Gasteiger charge is 2.28. The maximum absolute atomic E-state index is 12.8. The lowest BCUT2D eigenvalue weighted by Gasteiger charge is -2.32. The Morgan fingerprint density at radius 3 is 2.52 bits per heavy atom. The fourth-order valence-electron chi connectivity index (χ4n) is 3.94. The molecular formula is C25H33ClN4O3. The molecule has 0 radical (unpaired) electrons. The number of aryl methyl sites for hydroxylation is 1. The van der Waals surface area contributed by atoms with Crippen molar-refractivity contribution in [3.8, 4) is 5.75 Å². The zero-order valence-corrected chi connectivity index (χ0v) is 20.4. The van der Waals surface area contributed by atoms with Gasteiger partial charge in [-0.2, -0.15) is 0 Å². The number of ether oxygens (including phenoxy) is 1. The van der Waals surface area contributed by atoms with Crippen LogP contribution in [0.3, 0.4) is 0 Å². The first-order valence-electron chi connectivity index (χ1n) is 11.4. The van der Waals surface area contributed by atoms with Crippen molar-refractivity contribution < 1.29 is 14.3 Å². The molecule has 0 spiro atoms. The van der Waals surface area contributed by atoms with Crippen LogP contribution in [0.2, 0.25) is 5.02 Å². The van der Waals surface area contributed by atoms with Gasteiger partial charge >= 0.3 is 0 Å². The third-order valence-electron chi connectivity index (χ3n) is 5.79. The number of hydrogen-bond donors (Lipinski definition) is 1. The van der Waals surface area contributed by atoms with Gasteiger partial charge in [0.15, 0.2) is 6.61 Å². The van der Waals surface area contributed by atoms with E-state index in [9.17, 15) is 9.59 Å². The number of carbonyl (C=O) groups excluding carboxylic acids is 2. The Labute approximate surface area is 201 Å². The molecule has 0 bridgehead atoms. The number of carbonyl (C=O) groups is 2. The second kappa shape index (κ2) is 12.0. The molecule has 3 rings (SSSR count). The van der Waals surface area contributed by atoms with Crippen LogP contribution in [0, 0.1) is 6.92 Å². The van der Waals surface area contributed by atoms with Gasteiger partial charge in [0, 0.05) is 36.3 Å². The lowest BCUT2D eigenvalue weighted by Crippen LogP contribution is -2.41. The summed E-state index contributed by atoms with van der Waals surface area (Å²) in [5.74, 6) is 0.645. The Hall–Kier alpha value is -2.64. The van der Waals surface area contributed by atoms with Crippen molar-refractivity contribution in [3.63, 3.8) is 0 Å². The molecule has 0 atom stereocenters. The highest BCUT2D eigenvalue weighted by Crippen LogP contribution is 2.29. The van der Waals surface area contributed by atoms with Crippen LogP contribution in [-0.2, 0) is 4.79 Å². The molecular weight excluding hydrogens is 440 g/mol. The lowest BCUT2D eigenvalue weighted by atomic mass is 9.89. The lowest BCUT2D eigenvalue weighted by molar-refractivity contribution is -0.134. The molecule has 1 aromatic heterocycles. The number of nitrogens with one attached hydrogen (secondary N) is 1. The normalized spacial score (nSPS) is 14.4. The number of hydrogen-bond acceptors (Lipinski definition) is 5. The van der Waals surface area contributed by atoms with E-state index < -0.39 is 0 Å². The van der Waals surface area contributed by atoms with Crippen molar-refractivity contribution >= 4 is 23.4 Å². The number of halogens is 1. The van der Waals surface area contributed by atoms with Crippen LogP contribution in [0.25, 0.3) is 0 Å². The SMILES string of the molecule is Cc1ccc(C(=O)NCCCN(C)C)c(C2CCN(C(=O)COc3ccc(Cl)cc3)CC2)n1.